The first-order chi connectivity index (χ1) is 8.22. The van der Waals surface area contributed by atoms with Gasteiger partial charge in [-0.25, -0.2) is 4.98 Å². The van der Waals surface area contributed by atoms with Gasteiger partial charge in [-0.3, -0.25) is 0 Å². The minimum absolute atomic E-state index is 0.290. The largest absolute Gasteiger partial charge is 0.383 e. The van der Waals surface area contributed by atoms with Crippen molar-refractivity contribution in [3.05, 3.63) is 12.4 Å². The molecule has 0 aliphatic heterocycles. The van der Waals surface area contributed by atoms with Crippen molar-refractivity contribution in [2.24, 2.45) is 5.92 Å². The molecule has 1 saturated carbocycles. The molecule has 17 heavy (non-hydrogen) atoms. The summed E-state index contributed by atoms with van der Waals surface area (Å²) in [5.41, 5.74) is 0. The van der Waals surface area contributed by atoms with Crippen molar-refractivity contribution >= 4 is 5.95 Å². The normalized spacial score (nSPS) is 26.1. The lowest BCUT2D eigenvalue weighted by Gasteiger charge is -2.22. The van der Waals surface area contributed by atoms with E-state index in [1.54, 1.807) is 7.11 Å². The Morgan fingerprint density at radius 1 is 1.59 bits per heavy atom. The number of hydrogen-bond donors (Lipinski definition) is 1. The van der Waals surface area contributed by atoms with Crippen molar-refractivity contribution in [1.82, 2.24) is 9.55 Å². The fraction of sp³-hybridized carbons (Fsp3) is 0.769. The molecule has 0 amide bonds. The van der Waals surface area contributed by atoms with E-state index in [0.717, 1.165) is 11.9 Å². The Bertz CT molecular complexity index is 350. The van der Waals surface area contributed by atoms with Crippen molar-refractivity contribution < 1.29 is 4.74 Å². The number of rotatable bonds is 5. The standard InChI is InChI=1S/C13H23N3O/c1-10-5-4-6-12(10)16-8-7-14-13(16)15-11(2)9-17-3/h7-8,10-12H,4-6,9H2,1-3H3,(H,14,15). The van der Waals surface area contributed by atoms with Crippen LogP contribution in [-0.4, -0.2) is 29.3 Å². The van der Waals surface area contributed by atoms with Crippen LogP contribution >= 0.6 is 0 Å². The van der Waals surface area contributed by atoms with Crippen LogP contribution in [0.4, 0.5) is 5.95 Å². The Morgan fingerprint density at radius 2 is 2.41 bits per heavy atom. The maximum Gasteiger partial charge on any atom is 0.203 e. The lowest BCUT2D eigenvalue weighted by atomic mass is 10.1. The number of nitrogens with one attached hydrogen (secondary N) is 1. The van der Waals surface area contributed by atoms with Gasteiger partial charge in [0.1, 0.15) is 0 Å². The zero-order valence-corrected chi connectivity index (χ0v) is 11.0. The molecule has 0 saturated heterocycles. The summed E-state index contributed by atoms with van der Waals surface area (Å²) in [5, 5.41) is 3.42. The maximum atomic E-state index is 5.14. The Morgan fingerprint density at radius 3 is 3.06 bits per heavy atom. The average Bonchev–Trinajstić information content (AvgIpc) is 2.87. The van der Waals surface area contributed by atoms with Crippen molar-refractivity contribution in [3.8, 4) is 0 Å². The van der Waals surface area contributed by atoms with Crippen LogP contribution in [-0.2, 0) is 4.74 Å². The average molecular weight is 237 g/mol. The second-order valence-electron chi connectivity index (χ2n) is 5.13. The Labute approximate surface area is 103 Å². The smallest absolute Gasteiger partial charge is 0.203 e. The van der Waals surface area contributed by atoms with Crippen LogP contribution in [0.2, 0.25) is 0 Å². The van der Waals surface area contributed by atoms with Gasteiger partial charge in [-0.1, -0.05) is 13.3 Å². The zero-order chi connectivity index (χ0) is 12.3. The number of nitrogens with zero attached hydrogens (tertiary/aromatic N) is 2. The molecule has 0 aromatic carbocycles. The molecule has 1 aliphatic rings. The van der Waals surface area contributed by atoms with Crippen LogP contribution in [0.1, 0.15) is 39.2 Å². The molecule has 1 aromatic rings. The Kier molecular flexibility index (Phi) is 4.05. The molecule has 1 aromatic heterocycles. The number of hydrogen-bond acceptors (Lipinski definition) is 3. The minimum Gasteiger partial charge on any atom is -0.383 e. The summed E-state index contributed by atoms with van der Waals surface area (Å²) in [6.45, 7) is 5.15. The van der Waals surface area contributed by atoms with E-state index < -0.39 is 0 Å². The zero-order valence-electron chi connectivity index (χ0n) is 11.0. The molecular formula is C13H23N3O. The van der Waals surface area contributed by atoms with E-state index in [0.29, 0.717) is 12.6 Å². The summed E-state index contributed by atoms with van der Waals surface area (Å²) in [6, 6.07) is 0.896. The SMILES string of the molecule is COCC(C)Nc1nccn1C1CCCC1C. The topological polar surface area (TPSA) is 39.1 Å². The van der Waals surface area contributed by atoms with Crippen LogP contribution in [0.5, 0.6) is 0 Å². The molecule has 3 unspecified atom stereocenters. The summed E-state index contributed by atoms with van der Waals surface area (Å²) >= 11 is 0. The van der Waals surface area contributed by atoms with E-state index in [2.05, 4.69) is 34.9 Å². The van der Waals surface area contributed by atoms with Crippen molar-refractivity contribution in [3.63, 3.8) is 0 Å². The van der Waals surface area contributed by atoms with E-state index in [1.165, 1.54) is 19.3 Å². The third-order valence-electron chi connectivity index (χ3n) is 3.63. The molecule has 1 fully saturated rings. The van der Waals surface area contributed by atoms with Crippen molar-refractivity contribution in [2.45, 2.75) is 45.2 Å². The summed E-state index contributed by atoms with van der Waals surface area (Å²) in [4.78, 5) is 4.41. The Hall–Kier alpha value is -1.03. The number of aromatic nitrogens is 2. The van der Waals surface area contributed by atoms with Gasteiger partial charge < -0.3 is 14.6 Å². The molecule has 4 heteroatoms. The second kappa shape index (κ2) is 5.54. The third kappa shape index (κ3) is 2.80. The van der Waals surface area contributed by atoms with Crippen LogP contribution in [0.3, 0.4) is 0 Å². The highest BCUT2D eigenvalue weighted by Gasteiger charge is 2.26. The van der Waals surface area contributed by atoms with Gasteiger partial charge >= 0.3 is 0 Å². The number of imidazole rings is 1. The summed E-state index contributed by atoms with van der Waals surface area (Å²) in [5.74, 6) is 1.73. The summed E-state index contributed by atoms with van der Waals surface area (Å²) in [6.07, 6.45) is 7.90. The van der Waals surface area contributed by atoms with Crippen LogP contribution in [0.25, 0.3) is 0 Å². The first kappa shape index (κ1) is 12.4. The highest BCUT2D eigenvalue weighted by Crippen LogP contribution is 2.36. The molecule has 4 nitrogen and oxygen atoms in total. The molecule has 0 radical (unpaired) electrons. The van der Waals surface area contributed by atoms with E-state index in [9.17, 15) is 0 Å². The van der Waals surface area contributed by atoms with Crippen LogP contribution < -0.4 is 5.32 Å². The van der Waals surface area contributed by atoms with Gasteiger partial charge in [-0.2, -0.15) is 0 Å². The highest BCUT2D eigenvalue weighted by molar-refractivity contribution is 5.28. The Balaban J connectivity index is 2.06. The lowest BCUT2D eigenvalue weighted by Crippen LogP contribution is -2.24. The molecule has 2 rings (SSSR count). The van der Waals surface area contributed by atoms with Gasteiger partial charge in [-0.05, 0) is 25.7 Å². The summed E-state index contributed by atoms with van der Waals surface area (Å²) in [7, 11) is 1.73. The first-order valence-corrected chi connectivity index (χ1v) is 6.50. The quantitative estimate of drug-likeness (QED) is 0.855. The van der Waals surface area contributed by atoms with Gasteiger partial charge in [-0.15, -0.1) is 0 Å². The van der Waals surface area contributed by atoms with Crippen LogP contribution in [0.15, 0.2) is 12.4 Å². The van der Waals surface area contributed by atoms with E-state index >= 15 is 0 Å². The van der Waals surface area contributed by atoms with E-state index in [-0.39, 0.29) is 6.04 Å². The molecule has 0 bridgehead atoms. The molecule has 1 aliphatic carbocycles. The molecule has 3 atom stereocenters. The fourth-order valence-corrected chi connectivity index (χ4v) is 2.74. The van der Waals surface area contributed by atoms with Gasteiger partial charge in [0.2, 0.25) is 5.95 Å². The van der Waals surface area contributed by atoms with Crippen molar-refractivity contribution in [2.75, 3.05) is 19.0 Å². The maximum absolute atomic E-state index is 5.14. The van der Waals surface area contributed by atoms with Crippen LogP contribution in [0, 0.1) is 5.92 Å². The number of ether oxygens (including phenoxy) is 1. The molecule has 96 valence electrons. The molecule has 1 N–H and O–H groups in total. The lowest BCUT2D eigenvalue weighted by molar-refractivity contribution is 0.190. The van der Waals surface area contributed by atoms with Crippen molar-refractivity contribution in [1.29, 1.82) is 0 Å². The number of methoxy groups -OCH3 is 1. The minimum atomic E-state index is 0.290. The number of anilines is 1. The fourth-order valence-electron chi connectivity index (χ4n) is 2.74. The molecular weight excluding hydrogens is 214 g/mol. The van der Waals surface area contributed by atoms with E-state index in [4.69, 9.17) is 4.74 Å². The predicted molar refractivity (Wildman–Crippen MR) is 69.2 cm³/mol. The van der Waals surface area contributed by atoms with Gasteiger partial charge in [0, 0.05) is 31.6 Å². The van der Waals surface area contributed by atoms with Gasteiger partial charge in [0.25, 0.3) is 0 Å². The molecule has 1 heterocycles. The summed E-state index contributed by atoms with van der Waals surface area (Å²) < 4.78 is 7.43. The first-order valence-electron chi connectivity index (χ1n) is 6.50. The molecule has 0 spiro atoms. The monoisotopic (exact) mass is 237 g/mol. The van der Waals surface area contributed by atoms with Gasteiger partial charge in [0.05, 0.1) is 6.61 Å². The van der Waals surface area contributed by atoms with E-state index in [1.807, 2.05) is 6.20 Å². The predicted octanol–water partition coefficient (Wildman–Crippen LogP) is 2.69. The second-order valence-corrected chi connectivity index (χ2v) is 5.13. The highest BCUT2D eigenvalue weighted by atomic mass is 16.5. The van der Waals surface area contributed by atoms with Gasteiger partial charge in [0.15, 0.2) is 0 Å². The third-order valence-corrected chi connectivity index (χ3v) is 3.63.